The van der Waals surface area contributed by atoms with Crippen LogP contribution in [0.2, 0.25) is 0 Å². The maximum atomic E-state index is 13.1. The molecule has 1 aromatic carbocycles. The Hall–Kier alpha value is -1.09. The second-order valence-electron chi connectivity index (χ2n) is 4.95. The van der Waals surface area contributed by atoms with Gasteiger partial charge in [0.2, 0.25) is 0 Å². The maximum Gasteiger partial charge on any atom is 0.126 e. The smallest absolute Gasteiger partial charge is 0.126 e. The lowest BCUT2D eigenvalue weighted by molar-refractivity contribution is 0.108. The van der Waals surface area contributed by atoms with Gasteiger partial charge in [-0.2, -0.15) is 0 Å². The van der Waals surface area contributed by atoms with E-state index in [1.54, 1.807) is 19.1 Å². The summed E-state index contributed by atoms with van der Waals surface area (Å²) in [4.78, 5) is 0. The summed E-state index contributed by atoms with van der Waals surface area (Å²) in [7, 11) is 0. The summed E-state index contributed by atoms with van der Waals surface area (Å²) in [6.45, 7) is 9.67. The van der Waals surface area contributed by atoms with E-state index < -0.39 is 0 Å². The third-order valence-corrected chi connectivity index (χ3v) is 2.50. The molecule has 1 rings (SSSR count). The van der Waals surface area contributed by atoms with E-state index in [-0.39, 0.29) is 11.4 Å². The van der Waals surface area contributed by atoms with Gasteiger partial charge in [0, 0.05) is 6.54 Å². The van der Waals surface area contributed by atoms with Gasteiger partial charge in [-0.15, -0.1) is 0 Å². The third kappa shape index (κ3) is 4.73. The Kier molecular flexibility index (Phi) is 4.94. The zero-order valence-electron chi connectivity index (χ0n) is 11.1. The molecule has 0 aliphatic heterocycles. The molecule has 0 aliphatic rings. The van der Waals surface area contributed by atoms with E-state index >= 15 is 0 Å². The average molecular weight is 239 g/mol. The normalized spacial score (nSPS) is 11.6. The summed E-state index contributed by atoms with van der Waals surface area (Å²) >= 11 is 0. The van der Waals surface area contributed by atoms with E-state index in [2.05, 4.69) is 12.2 Å². The molecule has 0 aliphatic carbocycles. The van der Waals surface area contributed by atoms with Crippen molar-refractivity contribution in [2.24, 2.45) is 0 Å². The van der Waals surface area contributed by atoms with Crippen LogP contribution < -0.4 is 10.1 Å². The van der Waals surface area contributed by atoms with Gasteiger partial charge in [0.05, 0.1) is 0 Å². The van der Waals surface area contributed by atoms with Crippen molar-refractivity contribution >= 4 is 0 Å². The van der Waals surface area contributed by atoms with Crippen LogP contribution in [0, 0.1) is 12.7 Å². The minimum Gasteiger partial charge on any atom is -0.487 e. The molecule has 0 amide bonds. The highest BCUT2D eigenvalue weighted by Gasteiger charge is 2.19. The van der Waals surface area contributed by atoms with Gasteiger partial charge in [0.25, 0.3) is 0 Å². The van der Waals surface area contributed by atoms with Crippen LogP contribution in [0.25, 0.3) is 0 Å². The lowest BCUT2D eigenvalue weighted by Gasteiger charge is -2.27. The predicted octanol–water partition coefficient (Wildman–Crippen LogP) is 3.29. The molecule has 0 saturated heterocycles. The fourth-order valence-electron chi connectivity index (χ4n) is 1.60. The standard InChI is InChI=1S/C14H22FNO/c1-5-8-16-10-14(3,4)17-12-6-7-13(15)11(2)9-12/h6-7,9,16H,5,8,10H2,1-4H3. The molecule has 0 saturated carbocycles. The molecule has 0 radical (unpaired) electrons. The summed E-state index contributed by atoms with van der Waals surface area (Å²) in [6.07, 6.45) is 1.10. The largest absolute Gasteiger partial charge is 0.487 e. The van der Waals surface area contributed by atoms with Gasteiger partial charge >= 0.3 is 0 Å². The number of ether oxygens (including phenoxy) is 1. The first-order chi connectivity index (χ1) is 7.94. The second-order valence-corrected chi connectivity index (χ2v) is 4.95. The van der Waals surface area contributed by atoms with Crippen molar-refractivity contribution in [1.29, 1.82) is 0 Å². The second kappa shape index (κ2) is 6.01. The summed E-state index contributed by atoms with van der Waals surface area (Å²) < 4.78 is 19.0. The number of rotatable bonds is 6. The number of halogens is 1. The van der Waals surface area contributed by atoms with Crippen molar-refractivity contribution in [2.75, 3.05) is 13.1 Å². The zero-order chi connectivity index (χ0) is 12.9. The molecule has 0 spiro atoms. The van der Waals surface area contributed by atoms with E-state index in [0.717, 1.165) is 19.5 Å². The molecule has 96 valence electrons. The van der Waals surface area contributed by atoms with Gasteiger partial charge in [-0.25, -0.2) is 4.39 Å². The molecule has 17 heavy (non-hydrogen) atoms. The molecule has 2 nitrogen and oxygen atoms in total. The predicted molar refractivity (Wildman–Crippen MR) is 69.0 cm³/mol. The summed E-state index contributed by atoms with van der Waals surface area (Å²) in [5, 5.41) is 3.32. The van der Waals surface area contributed by atoms with Crippen molar-refractivity contribution < 1.29 is 9.13 Å². The number of aryl methyl sites for hydroxylation is 1. The minimum atomic E-state index is -0.292. The van der Waals surface area contributed by atoms with Crippen LogP contribution in [0.4, 0.5) is 4.39 Å². The number of hydrogen-bond acceptors (Lipinski definition) is 2. The van der Waals surface area contributed by atoms with Gasteiger partial charge in [-0.05, 0) is 57.5 Å². The van der Waals surface area contributed by atoms with Crippen molar-refractivity contribution in [3.63, 3.8) is 0 Å². The van der Waals surface area contributed by atoms with Crippen molar-refractivity contribution in [2.45, 2.75) is 39.7 Å². The first kappa shape index (κ1) is 14.0. The minimum absolute atomic E-state index is 0.195. The fraction of sp³-hybridized carbons (Fsp3) is 0.571. The molecule has 0 bridgehead atoms. The van der Waals surface area contributed by atoms with Crippen LogP contribution in [-0.2, 0) is 0 Å². The Morgan fingerprint density at radius 3 is 2.65 bits per heavy atom. The Bertz CT molecular complexity index is 363. The molecular formula is C14H22FNO. The molecular weight excluding hydrogens is 217 g/mol. The number of nitrogens with one attached hydrogen (secondary N) is 1. The van der Waals surface area contributed by atoms with Gasteiger partial charge in [-0.3, -0.25) is 0 Å². The Morgan fingerprint density at radius 1 is 1.35 bits per heavy atom. The topological polar surface area (TPSA) is 21.3 Å². The molecule has 1 aromatic rings. The summed E-state index contributed by atoms with van der Waals surface area (Å²) in [5.74, 6) is 0.520. The van der Waals surface area contributed by atoms with E-state index in [1.165, 1.54) is 6.07 Å². The van der Waals surface area contributed by atoms with E-state index in [0.29, 0.717) is 11.3 Å². The Labute approximate surface area is 103 Å². The van der Waals surface area contributed by atoms with Gasteiger partial charge in [-0.1, -0.05) is 6.92 Å². The van der Waals surface area contributed by atoms with E-state index in [1.807, 2.05) is 13.8 Å². The molecule has 0 aromatic heterocycles. The highest BCUT2D eigenvalue weighted by molar-refractivity contribution is 5.29. The fourth-order valence-corrected chi connectivity index (χ4v) is 1.60. The molecule has 1 N–H and O–H groups in total. The van der Waals surface area contributed by atoms with E-state index in [4.69, 9.17) is 4.74 Å². The highest BCUT2D eigenvalue weighted by atomic mass is 19.1. The lowest BCUT2D eigenvalue weighted by Crippen LogP contribution is -2.40. The Morgan fingerprint density at radius 2 is 2.06 bits per heavy atom. The van der Waals surface area contributed by atoms with Crippen LogP contribution in [0.3, 0.4) is 0 Å². The van der Waals surface area contributed by atoms with Crippen molar-refractivity contribution in [3.8, 4) is 5.75 Å². The first-order valence-electron chi connectivity index (χ1n) is 6.10. The SMILES string of the molecule is CCCNCC(C)(C)Oc1ccc(F)c(C)c1. The average Bonchev–Trinajstić information content (AvgIpc) is 2.23. The molecule has 3 heteroatoms. The van der Waals surface area contributed by atoms with Crippen molar-refractivity contribution in [1.82, 2.24) is 5.32 Å². The molecule has 0 fully saturated rings. The van der Waals surface area contributed by atoms with Crippen LogP contribution in [0.1, 0.15) is 32.8 Å². The van der Waals surface area contributed by atoms with Gasteiger partial charge in [0.1, 0.15) is 17.2 Å². The summed E-state index contributed by atoms with van der Waals surface area (Å²) in [6, 6.07) is 4.85. The number of hydrogen-bond donors (Lipinski definition) is 1. The first-order valence-corrected chi connectivity index (χ1v) is 6.10. The highest BCUT2D eigenvalue weighted by Crippen LogP contribution is 2.20. The molecule has 0 unspecified atom stereocenters. The van der Waals surface area contributed by atoms with E-state index in [9.17, 15) is 4.39 Å². The zero-order valence-corrected chi connectivity index (χ0v) is 11.1. The third-order valence-electron chi connectivity index (χ3n) is 2.50. The molecule has 0 atom stereocenters. The van der Waals surface area contributed by atoms with Gasteiger partial charge < -0.3 is 10.1 Å². The quantitative estimate of drug-likeness (QED) is 0.769. The Balaban J connectivity index is 2.59. The lowest BCUT2D eigenvalue weighted by atomic mass is 10.1. The summed E-state index contributed by atoms with van der Waals surface area (Å²) in [5.41, 5.74) is 0.319. The molecule has 0 heterocycles. The van der Waals surface area contributed by atoms with Crippen LogP contribution in [-0.4, -0.2) is 18.7 Å². The van der Waals surface area contributed by atoms with Crippen LogP contribution in [0.5, 0.6) is 5.75 Å². The number of benzene rings is 1. The monoisotopic (exact) mass is 239 g/mol. The van der Waals surface area contributed by atoms with Crippen LogP contribution >= 0.6 is 0 Å². The van der Waals surface area contributed by atoms with Crippen molar-refractivity contribution in [3.05, 3.63) is 29.6 Å². The van der Waals surface area contributed by atoms with Gasteiger partial charge in [0.15, 0.2) is 0 Å². The maximum absolute atomic E-state index is 13.1. The van der Waals surface area contributed by atoms with Crippen LogP contribution in [0.15, 0.2) is 18.2 Å².